The van der Waals surface area contributed by atoms with Gasteiger partial charge in [-0.15, -0.1) is 0 Å². The highest BCUT2D eigenvalue weighted by molar-refractivity contribution is 5.90. The molecule has 2 heterocycles. The zero-order chi connectivity index (χ0) is 20.2. The van der Waals surface area contributed by atoms with E-state index in [9.17, 15) is 9.18 Å². The van der Waals surface area contributed by atoms with Crippen molar-refractivity contribution in [3.8, 4) is 11.4 Å². The highest BCUT2D eigenvalue weighted by Gasteiger charge is 2.26. The first-order valence-corrected chi connectivity index (χ1v) is 9.79. The third kappa shape index (κ3) is 4.45. The molecule has 0 spiro atoms. The van der Waals surface area contributed by atoms with E-state index in [2.05, 4.69) is 15.5 Å². The van der Waals surface area contributed by atoms with Gasteiger partial charge in [0, 0.05) is 25.2 Å². The Bertz CT molecular complexity index is 1000. The first-order valence-electron chi connectivity index (χ1n) is 9.79. The average Bonchev–Trinajstić information content (AvgIpc) is 3.18. The van der Waals surface area contributed by atoms with Gasteiger partial charge in [0.15, 0.2) is 0 Å². The van der Waals surface area contributed by atoms with Crippen molar-refractivity contribution in [2.24, 2.45) is 5.92 Å². The van der Waals surface area contributed by atoms with Crippen LogP contribution < -0.4 is 5.32 Å². The van der Waals surface area contributed by atoms with E-state index >= 15 is 0 Å². The molecule has 2 amide bonds. The normalized spacial score (nSPS) is 16.6. The van der Waals surface area contributed by atoms with Gasteiger partial charge in [0.1, 0.15) is 5.82 Å². The highest BCUT2D eigenvalue weighted by atomic mass is 19.1. The van der Waals surface area contributed by atoms with Gasteiger partial charge in [-0.05, 0) is 49.4 Å². The van der Waals surface area contributed by atoms with Crippen LogP contribution in [0.1, 0.15) is 24.3 Å². The zero-order valence-corrected chi connectivity index (χ0v) is 16.3. The summed E-state index contributed by atoms with van der Waals surface area (Å²) in [4.78, 5) is 18.8. The number of para-hydroxylation sites is 1. The third-order valence-corrected chi connectivity index (χ3v) is 5.24. The fourth-order valence-electron chi connectivity index (χ4n) is 3.66. The summed E-state index contributed by atoms with van der Waals surface area (Å²) in [7, 11) is 0. The molecule has 1 aromatic heterocycles. The molecule has 150 valence electrons. The minimum Gasteiger partial charge on any atom is -0.339 e. The number of nitrogens with zero attached hydrogens (tertiary/aromatic N) is 3. The van der Waals surface area contributed by atoms with Gasteiger partial charge in [0.25, 0.3) is 0 Å². The molecule has 0 radical (unpaired) electrons. The minimum atomic E-state index is -0.378. The summed E-state index contributed by atoms with van der Waals surface area (Å²) in [5, 5.41) is 6.90. The van der Waals surface area contributed by atoms with Crippen LogP contribution in [0.3, 0.4) is 0 Å². The standard InChI is InChI=1S/C22H23FN4O2/c1-15-7-2-5-11-19(15)24-22(28)27-12-6-8-16(14-27)13-20-25-21(26-29-20)17-9-3-4-10-18(17)23/h2-5,7,9-11,16H,6,8,12-14H2,1H3,(H,24,28)/t16-/m0/s1. The van der Waals surface area contributed by atoms with Crippen LogP contribution in [0.5, 0.6) is 0 Å². The van der Waals surface area contributed by atoms with Crippen LogP contribution in [0.15, 0.2) is 53.1 Å². The molecule has 2 aromatic carbocycles. The Labute approximate surface area is 168 Å². The Morgan fingerprint density at radius 3 is 2.86 bits per heavy atom. The van der Waals surface area contributed by atoms with Crippen molar-refractivity contribution in [3.63, 3.8) is 0 Å². The molecule has 0 unspecified atom stereocenters. The quantitative estimate of drug-likeness (QED) is 0.698. The van der Waals surface area contributed by atoms with Gasteiger partial charge < -0.3 is 14.7 Å². The van der Waals surface area contributed by atoms with E-state index in [0.29, 0.717) is 24.4 Å². The molecule has 29 heavy (non-hydrogen) atoms. The molecule has 1 saturated heterocycles. The van der Waals surface area contributed by atoms with Gasteiger partial charge in [-0.1, -0.05) is 35.5 Å². The molecule has 4 rings (SSSR count). The minimum absolute atomic E-state index is 0.0958. The topological polar surface area (TPSA) is 71.3 Å². The van der Waals surface area contributed by atoms with Crippen molar-refractivity contribution in [1.82, 2.24) is 15.0 Å². The lowest BCUT2D eigenvalue weighted by molar-refractivity contribution is 0.173. The number of piperidine rings is 1. The maximum atomic E-state index is 13.9. The largest absolute Gasteiger partial charge is 0.339 e. The van der Waals surface area contributed by atoms with Crippen LogP contribution >= 0.6 is 0 Å². The maximum Gasteiger partial charge on any atom is 0.321 e. The summed E-state index contributed by atoms with van der Waals surface area (Å²) in [5.74, 6) is 0.564. The molecule has 1 aliphatic heterocycles. The van der Waals surface area contributed by atoms with Gasteiger partial charge >= 0.3 is 6.03 Å². The number of halogens is 1. The van der Waals surface area contributed by atoms with Gasteiger partial charge in [0.05, 0.1) is 5.56 Å². The molecule has 6 nitrogen and oxygen atoms in total. The van der Waals surface area contributed by atoms with Gasteiger partial charge in [-0.3, -0.25) is 0 Å². The summed E-state index contributed by atoms with van der Waals surface area (Å²) in [6.07, 6.45) is 2.46. The van der Waals surface area contributed by atoms with Crippen molar-refractivity contribution < 1.29 is 13.7 Å². The SMILES string of the molecule is Cc1ccccc1NC(=O)N1CCC[C@@H](Cc2nc(-c3ccccc3F)no2)C1. The second kappa shape index (κ2) is 8.43. The highest BCUT2D eigenvalue weighted by Crippen LogP contribution is 2.24. The predicted octanol–water partition coefficient (Wildman–Crippen LogP) is 4.67. The first-order chi connectivity index (χ1) is 14.1. The summed E-state index contributed by atoms with van der Waals surface area (Å²) >= 11 is 0. The van der Waals surface area contributed by atoms with E-state index in [-0.39, 0.29) is 23.6 Å². The van der Waals surface area contributed by atoms with Crippen LogP contribution in [-0.4, -0.2) is 34.2 Å². The molecule has 1 fully saturated rings. The predicted molar refractivity (Wildman–Crippen MR) is 108 cm³/mol. The lowest BCUT2D eigenvalue weighted by Gasteiger charge is -2.32. The van der Waals surface area contributed by atoms with Crippen molar-refractivity contribution in [3.05, 3.63) is 65.8 Å². The van der Waals surface area contributed by atoms with Crippen molar-refractivity contribution >= 4 is 11.7 Å². The molecule has 0 saturated carbocycles. The maximum absolute atomic E-state index is 13.9. The second-order valence-corrected chi connectivity index (χ2v) is 7.40. The average molecular weight is 394 g/mol. The van der Waals surface area contributed by atoms with Crippen molar-refractivity contribution in [2.75, 3.05) is 18.4 Å². The Balaban J connectivity index is 1.39. The van der Waals surface area contributed by atoms with Crippen LogP contribution in [0.4, 0.5) is 14.9 Å². The fourth-order valence-corrected chi connectivity index (χ4v) is 3.66. The Morgan fingerprint density at radius 1 is 1.24 bits per heavy atom. The fraction of sp³-hybridized carbons (Fsp3) is 0.318. The second-order valence-electron chi connectivity index (χ2n) is 7.40. The number of urea groups is 1. The monoisotopic (exact) mass is 394 g/mol. The Kier molecular flexibility index (Phi) is 5.55. The van der Waals surface area contributed by atoms with E-state index in [4.69, 9.17) is 4.52 Å². The number of aryl methyl sites for hydroxylation is 1. The van der Waals surface area contributed by atoms with E-state index in [1.54, 1.807) is 18.2 Å². The van der Waals surface area contributed by atoms with Crippen LogP contribution in [0.25, 0.3) is 11.4 Å². The molecular weight excluding hydrogens is 371 g/mol. The number of aromatic nitrogens is 2. The van der Waals surface area contributed by atoms with Gasteiger partial charge in [-0.2, -0.15) is 4.98 Å². The zero-order valence-electron chi connectivity index (χ0n) is 16.3. The lowest BCUT2D eigenvalue weighted by Crippen LogP contribution is -2.42. The summed E-state index contributed by atoms with van der Waals surface area (Å²) < 4.78 is 19.3. The lowest BCUT2D eigenvalue weighted by atomic mass is 9.95. The van der Waals surface area contributed by atoms with Crippen LogP contribution in [-0.2, 0) is 6.42 Å². The van der Waals surface area contributed by atoms with Crippen molar-refractivity contribution in [2.45, 2.75) is 26.2 Å². The molecule has 1 atom stereocenters. The van der Waals surface area contributed by atoms with Crippen LogP contribution in [0.2, 0.25) is 0 Å². The molecule has 0 bridgehead atoms. The van der Waals surface area contributed by atoms with Crippen molar-refractivity contribution in [1.29, 1.82) is 0 Å². The number of anilines is 1. The molecule has 7 heteroatoms. The van der Waals surface area contributed by atoms with E-state index in [0.717, 1.165) is 30.6 Å². The molecule has 0 aliphatic carbocycles. The number of carbonyl (C=O) groups is 1. The van der Waals surface area contributed by atoms with E-state index in [1.807, 2.05) is 36.1 Å². The van der Waals surface area contributed by atoms with Gasteiger partial charge in [0.2, 0.25) is 11.7 Å². The number of hydrogen-bond acceptors (Lipinski definition) is 4. The number of rotatable bonds is 4. The molecule has 3 aromatic rings. The van der Waals surface area contributed by atoms with Crippen LogP contribution in [0, 0.1) is 18.7 Å². The molecule has 1 aliphatic rings. The van der Waals surface area contributed by atoms with Gasteiger partial charge in [-0.25, -0.2) is 9.18 Å². The smallest absolute Gasteiger partial charge is 0.321 e. The summed E-state index contributed by atoms with van der Waals surface area (Å²) in [6.45, 7) is 3.31. The third-order valence-electron chi connectivity index (χ3n) is 5.24. The number of benzene rings is 2. The molecular formula is C22H23FN4O2. The number of nitrogens with one attached hydrogen (secondary N) is 1. The number of carbonyl (C=O) groups excluding carboxylic acids is 1. The number of hydrogen-bond donors (Lipinski definition) is 1. The summed E-state index contributed by atoms with van der Waals surface area (Å²) in [6, 6.07) is 14.0. The number of likely N-dealkylation sites (tertiary alicyclic amines) is 1. The van der Waals surface area contributed by atoms with E-state index < -0.39 is 0 Å². The number of amides is 2. The summed E-state index contributed by atoms with van der Waals surface area (Å²) in [5.41, 5.74) is 2.18. The van der Waals surface area contributed by atoms with E-state index in [1.165, 1.54) is 6.07 Å². The Morgan fingerprint density at radius 2 is 2.03 bits per heavy atom. The Hall–Kier alpha value is -3.22. The first kappa shape index (κ1) is 19.1. The molecule has 1 N–H and O–H groups in total.